The minimum Gasteiger partial charge on any atom is -0.485 e. The van der Waals surface area contributed by atoms with Gasteiger partial charge in [-0.2, -0.15) is 0 Å². The lowest BCUT2D eigenvalue weighted by Crippen LogP contribution is -2.30. The second kappa shape index (κ2) is 12.5. The number of benzene rings is 3. The van der Waals surface area contributed by atoms with Crippen molar-refractivity contribution in [3.05, 3.63) is 98.1 Å². The molecule has 0 aliphatic carbocycles. The van der Waals surface area contributed by atoms with E-state index in [1.165, 1.54) is 0 Å². The molecule has 0 saturated carbocycles. The molecule has 0 aliphatic heterocycles. The van der Waals surface area contributed by atoms with Gasteiger partial charge in [-0.1, -0.05) is 48.0 Å². The van der Waals surface area contributed by atoms with Crippen LogP contribution in [-0.2, 0) is 22.4 Å². The van der Waals surface area contributed by atoms with Crippen LogP contribution in [0.15, 0.2) is 72.8 Å². The minimum atomic E-state index is -0.421. The third kappa shape index (κ3) is 8.29. The van der Waals surface area contributed by atoms with Crippen molar-refractivity contribution in [1.29, 1.82) is 0 Å². The number of halogens is 2. The Hall–Kier alpha value is -2.71. The summed E-state index contributed by atoms with van der Waals surface area (Å²) in [4.78, 5) is 37.1. The van der Waals surface area contributed by atoms with E-state index in [1.807, 2.05) is 36.4 Å². The van der Waals surface area contributed by atoms with Crippen molar-refractivity contribution in [2.24, 2.45) is 0 Å². The fourth-order valence-corrected chi connectivity index (χ4v) is 3.60. The zero-order valence-corrected chi connectivity index (χ0v) is 20.8. The first kappa shape index (κ1) is 24.9. The van der Waals surface area contributed by atoms with Crippen LogP contribution >= 0.6 is 34.2 Å². The number of aryl methyl sites for hydroxylation is 1. The Bertz CT molecular complexity index is 1110. The van der Waals surface area contributed by atoms with Gasteiger partial charge in [-0.15, -0.1) is 0 Å². The van der Waals surface area contributed by atoms with E-state index >= 15 is 0 Å². The van der Waals surface area contributed by atoms with Crippen LogP contribution in [0.4, 0.5) is 0 Å². The van der Waals surface area contributed by atoms with Crippen molar-refractivity contribution in [2.45, 2.75) is 19.3 Å². The number of carbonyl (C=O) groups excluding carboxylic acids is 3. The number of para-hydroxylation sites is 1. The van der Waals surface area contributed by atoms with Gasteiger partial charge < -0.3 is 10.1 Å². The zero-order chi connectivity index (χ0) is 23.6. The van der Waals surface area contributed by atoms with E-state index in [0.29, 0.717) is 23.6 Å². The molecule has 0 unspecified atom stereocenters. The Labute approximate surface area is 211 Å². The number of nitrogens with one attached hydrogen (secondary N) is 1. The van der Waals surface area contributed by atoms with E-state index < -0.39 is 5.91 Å². The predicted molar refractivity (Wildman–Crippen MR) is 137 cm³/mol. The Kier molecular flexibility index (Phi) is 9.45. The number of ether oxygens (including phenoxy) is 1. The topological polar surface area (TPSA) is 72.5 Å². The van der Waals surface area contributed by atoms with Crippen molar-refractivity contribution in [1.82, 2.24) is 5.32 Å². The molecular formula is C26H23ClINO4. The molecule has 0 spiro atoms. The summed E-state index contributed by atoms with van der Waals surface area (Å²) in [7, 11) is 0. The molecular weight excluding hydrogens is 553 g/mol. The minimum absolute atomic E-state index is 0.0769. The number of hydrogen-bond donors (Lipinski definition) is 1. The molecule has 3 aromatic rings. The summed E-state index contributed by atoms with van der Waals surface area (Å²) in [5.74, 6) is -0.289. The normalized spacial score (nSPS) is 10.5. The molecule has 0 fully saturated rings. The van der Waals surface area contributed by atoms with E-state index in [-0.39, 0.29) is 36.7 Å². The van der Waals surface area contributed by atoms with Gasteiger partial charge in [0.25, 0.3) is 5.91 Å². The van der Waals surface area contributed by atoms with Crippen LogP contribution in [0, 0.1) is 3.57 Å². The van der Waals surface area contributed by atoms with Crippen LogP contribution in [-0.4, -0.2) is 30.6 Å². The highest BCUT2D eigenvalue weighted by Crippen LogP contribution is 2.18. The molecule has 170 valence electrons. The summed E-state index contributed by atoms with van der Waals surface area (Å²) >= 11 is 8.08. The summed E-state index contributed by atoms with van der Waals surface area (Å²) in [5.41, 5.74) is 2.20. The van der Waals surface area contributed by atoms with Crippen molar-refractivity contribution in [3.63, 3.8) is 0 Å². The van der Waals surface area contributed by atoms with Crippen molar-refractivity contribution in [2.75, 3.05) is 13.2 Å². The molecule has 0 heterocycles. The maximum absolute atomic E-state index is 12.6. The van der Waals surface area contributed by atoms with E-state index in [4.69, 9.17) is 16.3 Å². The fraction of sp³-hybridized carbons (Fsp3) is 0.192. The van der Waals surface area contributed by atoms with Gasteiger partial charge in [0.15, 0.2) is 11.6 Å². The molecule has 0 aromatic heterocycles. The molecule has 0 radical (unpaired) electrons. The predicted octanol–water partition coefficient (Wildman–Crippen LogP) is 5.07. The third-order valence-electron chi connectivity index (χ3n) is 4.89. The second-order valence-electron chi connectivity index (χ2n) is 7.47. The summed E-state index contributed by atoms with van der Waals surface area (Å²) in [6, 6.07) is 21.7. The van der Waals surface area contributed by atoms with Gasteiger partial charge in [0.05, 0.1) is 12.1 Å². The first-order valence-corrected chi connectivity index (χ1v) is 11.9. The van der Waals surface area contributed by atoms with Gasteiger partial charge in [0.1, 0.15) is 12.4 Å². The maximum atomic E-state index is 12.6. The SMILES string of the molecule is O=C(CCc1ccc(Cl)cc1)CNC(=O)c1ccccc1OCC(=O)Cc1ccc(I)cc1. The first-order valence-electron chi connectivity index (χ1n) is 10.4. The largest absolute Gasteiger partial charge is 0.485 e. The maximum Gasteiger partial charge on any atom is 0.255 e. The summed E-state index contributed by atoms with van der Waals surface area (Å²) in [5, 5.41) is 3.29. The van der Waals surface area contributed by atoms with Gasteiger partial charge in [-0.05, 0) is 76.5 Å². The highest BCUT2D eigenvalue weighted by atomic mass is 127. The number of carbonyl (C=O) groups is 3. The van der Waals surface area contributed by atoms with Crippen molar-refractivity contribution >= 4 is 51.7 Å². The summed E-state index contributed by atoms with van der Waals surface area (Å²) in [6.07, 6.45) is 1.15. The van der Waals surface area contributed by atoms with Gasteiger partial charge >= 0.3 is 0 Å². The smallest absolute Gasteiger partial charge is 0.255 e. The highest BCUT2D eigenvalue weighted by molar-refractivity contribution is 14.1. The number of Topliss-reactive ketones (excluding diaryl/α,β-unsaturated/α-hetero) is 2. The van der Waals surface area contributed by atoms with Gasteiger partial charge in [-0.3, -0.25) is 14.4 Å². The molecule has 0 atom stereocenters. The van der Waals surface area contributed by atoms with Crippen molar-refractivity contribution in [3.8, 4) is 5.75 Å². The summed E-state index contributed by atoms with van der Waals surface area (Å²) in [6.45, 7) is -0.219. The van der Waals surface area contributed by atoms with Gasteiger partial charge in [0, 0.05) is 21.4 Å². The lowest BCUT2D eigenvalue weighted by atomic mass is 10.1. The Morgan fingerprint density at radius 1 is 0.848 bits per heavy atom. The first-order chi connectivity index (χ1) is 15.9. The molecule has 0 bridgehead atoms. The Balaban J connectivity index is 1.48. The van der Waals surface area contributed by atoms with Gasteiger partial charge in [0.2, 0.25) is 0 Å². The molecule has 1 amide bonds. The van der Waals surface area contributed by atoms with Crippen LogP contribution in [0.3, 0.4) is 0 Å². The molecule has 3 rings (SSSR count). The van der Waals surface area contributed by atoms with Crippen LogP contribution in [0.25, 0.3) is 0 Å². The molecule has 1 N–H and O–H groups in total. The average Bonchev–Trinajstić information content (AvgIpc) is 2.82. The lowest BCUT2D eigenvalue weighted by Gasteiger charge is -2.11. The van der Waals surface area contributed by atoms with E-state index in [2.05, 4.69) is 27.9 Å². The second-order valence-corrected chi connectivity index (χ2v) is 9.16. The Morgan fingerprint density at radius 3 is 2.24 bits per heavy atom. The summed E-state index contributed by atoms with van der Waals surface area (Å²) < 4.78 is 6.73. The third-order valence-corrected chi connectivity index (χ3v) is 5.86. The highest BCUT2D eigenvalue weighted by Gasteiger charge is 2.15. The van der Waals surface area contributed by atoms with Crippen LogP contribution in [0.2, 0.25) is 5.02 Å². The average molecular weight is 576 g/mol. The van der Waals surface area contributed by atoms with Crippen LogP contribution in [0.5, 0.6) is 5.75 Å². The number of amides is 1. The lowest BCUT2D eigenvalue weighted by molar-refractivity contribution is -0.120. The number of hydrogen-bond acceptors (Lipinski definition) is 4. The quantitative estimate of drug-likeness (QED) is 0.324. The van der Waals surface area contributed by atoms with Crippen molar-refractivity contribution < 1.29 is 19.1 Å². The standard InChI is InChI=1S/C26H23ClINO4/c27-20-10-5-18(6-11-20)9-14-22(30)16-29-26(32)24-3-1-2-4-25(24)33-17-23(31)15-19-7-12-21(28)13-8-19/h1-8,10-13H,9,14-17H2,(H,29,32). The monoisotopic (exact) mass is 575 g/mol. The van der Waals surface area contributed by atoms with E-state index in [9.17, 15) is 14.4 Å². The number of rotatable bonds is 11. The number of ketones is 2. The van der Waals surface area contributed by atoms with Crippen LogP contribution in [0.1, 0.15) is 27.9 Å². The molecule has 5 nitrogen and oxygen atoms in total. The van der Waals surface area contributed by atoms with Gasteiger partial charge in [-0.25, -0.2) is 0 Å². The molecule has 3 aromatic carbocycles. The van der Waals surface area contributed by atoms with Crippen LogP contribution < -0.4 is 10.1 Å². The fourth-order valence-electron chi connectivity index (χ4n) is 3.12. The molecule has 7 heteroatoms. The molecule has 0 saturated heterocycles. The van der Waals surface area contributed by atoms with E-state index in [0.717, 1.165) is 14.7 Å². The van der Waals surface area contributed by atoms with E-state index in [1.54, 1.807) is 36.4 Å². The Morgan fingerprint density at radius 2 is 1.52 bits per heavy atom. The molecule has 0 aliphatic rings. The zero-order valence-electron chi connectivity index (χ0n) is 17.9. The molecule has 33 heavy (non-hydrogen) atoms.